The fraction of sp³-hybridized carbons (Fsp3) is 1.00. The molecule has 70 valence electrons. The lowest BCUT2D eigenvalue weighted by molar-refractivity contribution is 0.0618. The summed E-state index contributed by atoms with van der Waals surface area (Å²) in [7, 11) is 0. The van der Waals surface area contributed by atoms with E-state index >= 15 is 0 Å². The van der Waals surface area contributed by atoms with Gasteiger partial charge in [-0.25, -0.2) is 0 Å². The third-order valence-electron chi connectivity index (χ3n) is 3.58. The van der Waals surface area contributed by atoms with Crippen molar-refractivity contribution in [2.24, 2.45) is 17.3 Å². The first-order chi connectivity index (χ1) is 5.70. The van der Waals surface area contributed by atoms with Crippen molar-refractivity contribution >= 4 is 0 Å². The predicted molar refractivity (Wildman–Crippen MR) is 52.1 cm³/mol. The zero-order chi connectivity index (χ0) is 8.60. The van der Waals surface area contributed by atoms with Gasteiger partial charge in [-0.1, -0.05) is 13.8 Å². The van der Waals surface area contributed by atoms with E-state index in [0.717, 1.165) is 17.3 Å². The average Bonchev–Trinajstić information content (AvgIpc) is 2.33. The lowest BCUT2D eigenvalue weighted by Gasteiger charge is -2.45. The Balaban J connectivity index is 1.75. The van der Waals surface area contributed by atoms with E-state index in [1.165, 1.54) is 38.8 Å². The van der Waals surface area contributed by atoms with Crippen LogP contribution in [0.25, 0.3) is 0 Å². The van der Waals surface area contributed by atoms with Gasteiger partial charge in [-0.3, -0.25) is 0 Å². The van der Waals surface area contributed by atoms with Crippen LogP contribution in [-0.2, 0) is 0 Å². The quantitative estimate of drug-likeness (QED) is 0.666. The topological polar surface area (TPSA) is 12.0 Å². The van der Waals surface area contributed by atoms with Crippen molar-refractivity contribution < 1.29 is 0 Å². The van der Waals surface area contributed by atoms with E-state index in [1.54, 1.807) is 0 Å². The van der Waals surface area contributed by atoms with Crippen LogP contribution < -0.4 is 5.32 Å². The Morgan fingerprint density at radius 1 is 1.42 bits per heavy atom. The van der Waals surface area contributed by atoms with Crippen molar-refractivity contribution in [3.8, 4) is 0 Å². The van der Waals surface area contributed by atoms with Gasteiger partial charge in [0.2, 0.25) is 0 Å². The van der Waals surface area contributed by atoms with Crippen LogP contribution in [0.1, 0.15) is 39.5 Å². The van der Waals surface area contributed by atoms with Crippen LogP contribution in [0.2, 0.25) is 0 Å². The van der Waals surface area contributed by atoms with Gasteiger partial charge in [0.05, 0.1) is 0 Å². The van der Waals surface area contributed by atoms with Crippen molar-refractivity contribution in [3.05, 3.63) is 0 Å². The van der Waals surface area contributed by atoms with Gasteiger partial charge in [0, 0.05) is 6.54 Å². The van der Waals surface area contributed by atoms with Crippen molar-refractivity contribution in [1.29, 1.82) is 0 Å². The molecule has 0 atom stereocenters. The summed E-state index contributed by atoms with van der Waals surface area (Å²) in [5, 5.41) is 3.49. The summed E-state index contributed by atoms with van der Waals surface area (Å²) in [6.07, 6.45) is 5.93. The molecule has 1 aliphatic carbocycles. The van der Waals surface area contributed by atoms with Crippen LogP contribution in [0.5, 0.6) is 0 Å². The second-order valence-corrected chi connectivity index (χ2v) is 5.33. The van der Waals surface area contributed by atoms with E-state index in [-0.39, 0.29) is 0 Å². The van der Waals surface area contributed by atoms with E-state index < -0.39 is 0 Å². The van der Waals surface area contributed by atoms with Gasteiger partial charge in [-0.15, -0.1) is 0 Å². The predicted octanol–water partition coefficient (Wildman–Crippen LogP) is 2.42. The first-order valence-electron chi connectivity index (χ1n) is 5.41. The number of hydrogen-bond donors (Lipinski definition) is 1. The Morgan fingerprint density at radius 2 is 2.17 bits per heavy atom. The molecule has 0 amide bonds. The molecule has 0 aromatic rings. The zero-order valence-electron chi connectivity index (χ0n) is 8.40. The van der Waals surface area contributed by atoms with E-state index in [1.807, 2.05) is 0 Å². The molecule has 1 saturated carbocycles. The van der Waals surface area contributed by atoms with Crippen molar-refractivity contribution in [3.63, 3.8) is 0 Å². The highest BCUT2D eigenvalue weighted by Crippen LogP contribution is 2.51. The molecule has 12 heavy (non-hydrogen) atoms. The van der Waals surface area contributed by atoms with Gasteiger partial charge in [-0.05, 0) is 49.5 Å². The van der Waals surface area contributed by atoms with E-state index in [0.29, 0.717) is 0 Å². The minimum Gasteiger partial charge on any atom is -0.316 e. The van der Waals surface area contributed by atoms with Crippen LogP contribution in [0.4, 0.5) is 0 Å². The Labute approximate surface area is 75.9 Å². The SMILES string of the molecule is CC(C)CC1CC2(CCNC2)C1. The molecule has 2 fully saturated rings. The van der Waals surface area contributed by atoms with Crippen LogP contribution >= 0.6 is 0 Å². The third kappa shape index (κ3) is 1.52. The molecular weight excluding hydrogens is 146 g/mol. The molecule has 2 aliphatic rings. The summed E-state index contributed by atoms with van der Waals surface area (Å²) in [5.41, 5.74) is 0.763. The monoisotopic (exact) mass is 167 g/mol. The molecule has 0 radical (unpaired) electrons. The molecule has 1 N–H and O–H groups in total. The minimum atomic E-state index is 0.763. The van der Waals surface area contributed by atoms with E-state index in [2.05, 4.69) is 19.2 Å². The molecule has 1 aliphatic heterocycles. The molecule has 1 spiro atoms. The van der Waals surface area contributed by atoms with Gasteiger partial charge in [-0.2, -0.15) is 0 Å². The molecule has 0 unspecified atom stereocenters. The zero-order valence-corrected chi connectivity index (χ0v) is 8.40. The summed E-state index contributed by atoms with van der Waals surface area (Å²) < 4.78 is 0. The molecule has 0 aromatic heterocycles. The first-order valence-corrected chi connectivity index (χ1v) is 5.41. The van der Waals surface area contributed by atoms with Crippen LogP contribution in [0.3, 0.4) is 0 Å². The van der Waals surface area contributed by atoms with Crippen molar-refractivity contribution in [1.82, 2.24) is 5.32 Å². The summed E-state index contributed by atoms with van der Waals surface area (Å²) in [6, 6.07) is 0. The number of rotatable bonds is 2. The normalized spacial score (nSPS) is 40.8. The average molecular weight is 167 g/mol. The molecule has 2 rings (SSSR count). The maximum atomic E-state index is 3.49. The van der Waals surface area contributed by atoms with Crippen molar-refractivity contribution in [2.45, 2.75) is 39.5 Å². The number of hydrogen-bond acceptors (Lipinski definition) is 1. The Kier molecular flexibility index (Phi) is 2.16. The molecule has 1 heteroatoms. The molecule has 1 nitrogen and oxygen atoms in total. The fourth-order valence-electron chi connectivity index (χ4n) is 3.14. The van der Waals surface area contributed by atoms with Gasteiger partial charge in [0.25, 0.3) is 0 Å². The molecule has 1 heterocycles. The fourth-order valence-corrected chi connectivity index (χ4v) is 3.14. The summed E-state index contributed by atoms with van der Waals surface area (Å²) >= 11 is 0. The standard InChI is InChI=1S/C11H21N/c1-9(2)5-10-6-11(7-10)3-4-12-8-11/h9-10,12H,3-8H2,1-2H3. The highest BCUT2D eigenvalue weighted by Gasteiger charge is 2.45. The Hall–Kier alpha value is -0.0400. The van der Waals surface area contributed by atoms with Crippen LogP contribution in [0, 0.1) is 17.3 Å². The lowest BCUT2D eigenvalue weighted by atomic mass is 9.60. The smallest absolute Gasteiger partial charge is 0.000849 e. The maximum absolute atomic E-state index is 3.49. The first kappa shape index (κ1) is 8.55. The maximum Gasteiger partial charge on any atom is 0.000849 e. The van der Waals surface area contributed by atoms with Gasteiger partial charge in [0.15, 0.2) is 0 Å². The molecular formula is C11H21N. The minimum absolute atomic E-state index is 0.763. The second-order valence-electron chi connectivity index (χ2n) is 5.33. The number of nitrogens with one attached hydrogen (secondary N) is 1. The third-order valence-corrected chi connectivity index (χ3v) is 3.58. The summed E-state index contributed by atoms with van der Waals surface area (Å²) in [5.74, 6) is 1.96. The summed E-state index contributed by atoms with van der Waals surface area (Å²) in [6.45, 7) is 7.27. The highest BCUT2D eigenvalue weighted by molar-refractivity contribution is 4.98. The van der Waals surface area contributed by atoms with Crippen LogP contribution in [-0.4, -0.2) is 13.1 Å². The van der Waals surface area contributed by atoms with E-state index in [9.17, 15) is 0 Å². The van der Waals surface area contributed by atoms with Crippen LogP contribution in [0.15, 0.2) is 0 Å². The largest absolute Gasteiger partial charge is 0.316 e. The highest BCUT2D eigenvalue weighted by atomic mass is 14.9. The van der Waals surface area contributed by atoms with E-state index in [4.69, 9.17) is 0 Å². The Morgan fingerprint density at radius 3 is 2.67 bits per heavy atom. The second kappa shape index (κ2) is 3.02. The molecule has 1 saturated heterocycles. The van der Waals surface area contributed by atoms with Crippen molar-refractivity contribution in [2.75, 3.05) is 13.1 Å². The summed E-state index contributed by atoms with van der Waals surface area (Å²) in [4.78, 5) is 0. The lowest BCUT2D eigenvalue weighted by Crippen LogP contribution is -2.39. The van der Waals surface area contributed by atoms with Gasteiger partial charge >= 0.3 is 0 Å². The molecule has 0 bridgehead atoms. The van der Waals surface area contributed by atoms with Gasteiger partial charge < -0.3 is 5.32 Å². The van der Waals surface area contributed by atoms with Gasteiger partial charge in [0.1, 0.15) is 0 Å². The molecule has 0 aromatic carbocycles. The Bertz CT molecular complexity index is 148.